The van der Waals surface area contributed by atoms with Gasteiger partial charge in [0.05, 0.1) is 4.91 Å². The van der Waals surface area contributed by atoms with Gasteiger partial charge in [0.25, 0.3) is 11.1 Å². The molecular weight excluding hydrogens is 290 g/mol. The largest absolute Gasteiger partial charge is 0.486 e. The van der Waals surface area contributed by atoms with Gasteiger partial charge in [0.15, 0.2) is 11.5 Å². The molecule has 2 amide bonds. The molecule has 1 aromatic rings. The maximum absolute atomic E-state index is 12.2. The summed E-state index contributed by atoms with van der Waals surface area (Å²) in [7, 11) is 0. The molecule has 2 heterocycles. The molecule has 0 aromatic heterocycles. The highest BCUT2D eigenvalue weighted by atomic mass is 32.2. The summed E-state index contributed by atoms with van der Waals surface area (Å²) in [6.45, 7) is 3.46. The summed E-state index contributed by atoms with van der Waals surface area (Å²) in [5.74, 6) is 1.15. The first-order chi connectivity index (χ1) is 10.2. The number of thioether (sulfide) groups is 1. The summed E-state index contributed by atoms with van der Waals surface area (Å²) < 4.78 is 11.0. The Labute approximate surface area is 126 Å². The second-order valence-electron chi connectivity index (χ2n) is 4.74. The molecule has 5 nitrogen and oxygen atoms in total. The van der Waals surface area contributed by atoms with Crippen molar-refractivity contribution in [3.8, 4) is 11.5 Å². The zero-order chi connectivity index (χ0) is 14.8. The first-order valence-electron chi connectivity index (χ1n) is 6.84. The zero-order valence-corrected chi connectivity index (χ0v) is 12.4. The molecule has 2 aliphatic rings. The summed E-state index contributed by atoms with van der Waals surface area (Å²) in [5.41, 5.74) is 0.821. The van der Waals surface area contributed by atoms with Crippen LogP contribution in [0, 0.1) is 0 Å². The van der Waals surface area contributed by atoms with E-state index >= 15 is 0 Å². The number of fused-ring (bicyclic) bond motifs is 1. The van der Waals surface area contributed by atoms with Gasteiger partial charge < -0.3 is 9.47 Å². The van der Waals surface area contributed by atoms with Crippen LogP contribution in [0.15, 0.2) is 23.1 Å². The zero-order valence-electron chi connectivity index (χ0n) is 11.6. The van der Waals surface area contributed by atoms with Gasteiger partial charge in [-0.05, 0) is 42.0 Å². The minimum absolute atomic E-state index is 0.203. The number of imide groups is 1. The number of hydrogen-bond acceptors (Lipinski definition) is 5. The van der Waals surface area contributed by atoms with Gasteiger partial charge in [-0.3, -0.25) is 14.5 Å². The monoisotopic (exact) mass is 305 g/mol. The van der Waals surface area contributed by atoms with Crippen LogP contribution in [0.25, 0.3) is 6.08 Å². The molecule has 21 heavy (non-hydrogen) atoms. The van der Waals surface area contributed by atoms with Crippen molar-refractivity contribution < 1.29 is 19.1 Å². The van der Waals surface area contributed by atoms with E-state index in [4.69, 9.17) is 9.47 Å². The molecule has 2 aliphatic heterocycles. The fourth-order valence-electron chi connectivity index (χ4n) is 2.22. The Hall–Kier alpha value is -1.95. The minimum Gasteiger partial charge on any atom is -0.486 e. The molecule has 110 valence electrons. The lowest BCUT2D eigenvalue weighted by Crippen LogP contribution is -2.28. The van der Waals surface area contributed by atoms with Crippen molar-refractivity contribution in [2.75, 3.05) is 19.8 Å². The van der Waals surface area contributed by atoms with Gasteiger partial charge in [0, 0.05) is 6.54 Å². The lowest BCUT2D eigenvalue weighted by molar-refractivity contribution is -0.122. The molecule has 0 aliphatic carbocycles. The van der Waals surface area contributed by atoms with Crippen LogP contribution in [0.1, 0.15) is 18.9 Å². The number of ether oxygens (including phenoxy) is 2. The summed E-state index contributed by atoms with van der Waals surface area (Å²) in [6, 6.07) is 5.49. The Morgan fingerprint density at radius 2 is 2.00 bits per heavy atom. The predicted octanol–water partition coefficient (Wildman–Crippen LogP) is 2.90. The van der Waals surface area contributed by atoms with Crippen LogP contribution in [0.3, 0.4) is 0 Å². The van der Waals surface area contributed by atoms with Crippen molar-refractivity contribution in [1.29, 1.82) is 0 Å². The average molecular weight is 305 g/mol. The molecule has 6 heteroatoms. The van der Waals surface area contributed by atoms with E-state index in [0.717, 1.165) is 23.7 Å². The number of rotatable bonds is 3. The number of carbonyl (C=O) groups excluding carboxylic acids is 2. The summed E-state index contributed by atoms with van der Waals surface area (Å²) >= 11 is 0.980. The van der Waals surface area contributed by atoms with Gasteiger partial charge in [-0.25, -0.2) is 0 Å². The van der Waals surface area contributed by atoms with Crippen molar-refractivity contribution >= 4 is 29.0 Å². The number of benzene rings is 1. The molecule has 0 saturated carbocycles. The van der Waals surface area contributed by atoms with Crippen LogP contribution in [0.4, 0.5) is 4.79 Å². The van der Waals surface area contributed by atoms with Crippen LogP contribution >= 0.6 is 11.8 Å². The van der Waals surface area contributed by atoms with Crippen LogP contribution in [0.2, 0.25) is 0 Å². The van der Waals surface area contributed by atoms with Gasteiger partial charge in [0.1, 0.15) is 13.2 Å². The molecule has 0 atom stereocenters. The van der Waals surface area contributed by atoms with Gasteiger partial charge in [-0.15, -0.1) is 0 Å². The van der Waals surface area contributed by atoms with Crippen LogP contribution in [-0.2, 0) is 4.79 Å². The molecule has 1 aromatic carbocycles. The third kappa shape index (κ3) is 2.76. The average Bonchev–Trinajstić information content (AvgIpc) is 2.75. The van der Waals surface area contributed by atoms with Crippen molar-refractivity contribution in [1.82, 2.24) is 4.90 Å². The van der Waals surface area contributed by atoms with Gasteiger partial charge in [-0.1, -0.05) is 13.0 Å². The normalized spacial score (nSPS) is 19.5. The lowest BCUT2D eigenvalue weighted by atomic mass is 10.1. The maximum Gasteiger partial charge on any atom is 0.293 e. The Bertz CT molecular complexity index is 626. The second-order valence-corrected chi connectivity index (χ2v) is 5.73. The van der Waals surface area contributed by atoms with Crippen molar-refractivity contribution in [3.05, 3.63) is 28.7 Å². The molecule has 0 bridgehead atoms. The van der Waals surface area contributed by atoms with E-state index in [1.807, 2.05) is 25.1 Å². The Balaban J connectivity index is 1.85. The molecule has 0 spiro atoms. The molecule has 0 radical (unpaired) electrons. The van der Waals surface area contributed by atoms with Crippen molar-refractivity contribution in [2.24, 2.45) is 0 Å². The molecule has 0 N–H and O–H groups in total. The molecule has 1 fully saturated rings. The smallest absolute Gasteiger partial charge is 0.293 e. The summed E-state index contributed by atoms with van der Waals surface area (Å²) in [6.07, 6.45) is 2.48. The van der Waals surface area contributed by atoms with Crippen LogP contribution in [-0.4, -0.2) is 35.8 Å². The fourth-order valence-corrected chi connectivity index (χ4v) is 3.08. The minimum atomic E-state index is -0.221. The van der Waals surface area contributed by atoms with E-state index in [0.29, 0.717) is 36.2 Å². The number of hydrogen-bond donors (Lipinski definition) is 0. The molecule has 3 rings (SSSR count). The predicted molar refractivity (Wildman–Crippen MR) is 80.4 cm³/mol. The Morgan fingerprint density at radius 3 is 2.76 bits per heavy atom. The van der Waals surface area contributed by atoms with Crippen LogP contribution < -0.4 is 9.47 Å². The standard InChI is InChI=1S/C15H15NO4S/c1-2-5-16-14(17)13(21-15(16)18)9-10-3-4-11-12(8-10)20-7-6-19-11/h3-4,8-9H,2,5-7H2,1H3/b13-9+. The SMILES string of the molecule is CCCN1C(=O)S/C(=C/c2ccc3c(c2)OCCO3)C1=O. The van der Waals surface area contributed by atoms with Crippen molar-refractivity contribution in [3.63, 3.8) is 0 Å². The highest BCUT2D eigenvalue weighted by molar-refractivity contribution is 8.18. The molecule has 0 unspecified atom stereocenters. The van der Waals surface area contributed by atoms with E-state index in [1.54, 1.807) is 6.08 Å². The highest BCUT2D eigenvalue weighted by Crippen LogP contribution is 2.35. The number of nitrogens with zero attached hydrogens (tertiary/aromatic N) is 1. The van der Waals surface area contributed by atoms with E-state index in [2.05, 4.69) is 0 Å². The van der Waals surface area contributed by atoms with Gasteiger partial charge >= 0.3 is 0 Å². The highest BCUT2D eigenvalue weighted by Gasteiger charge is 2.34. The fraction of sp³-hybridized carbons (Fsp3) is 0.333. The Kier molecular flexibility index (Phi) is 3.88. The number of carbonyl (C=O) groups is 2. The lowest BCUT2D eigenvalue weighted by Gasteiger charge is -2.18. The first kappa shape index (κ1) is 14.0. The van der Waals surface area contributed by atoms with E-state index in [1.165, 1.54) is 4.90 Å². The quantitative estimate of drug-likeness (QED) is 0.804. The van der Waals surface area contributed by atoms with Crippen molar-refractivity contribution in [2.45, 2.75) is 13.3 Å². The summed E-state index contributed by atoms with van der Waals surface area (Å²) in [5, 5.41) is -0.203. The van der Waals surface area contributed by atoms with Gasteiger partial charge in [-0.2, -0.15) is 0 Å². The first-order valence-corrected chi connectivity index (χ1v) is 7.65. The topological polar surface area (TPSA) is 55.8 Å². The van der Waals surface area contributed by atoms with E-state index < -0.39 is 0 Å². The van der Waals surface area contributed by atoms with E-state index in [-0.39, 0.29) is 11.1 Å². The van der Waals surface area contributed by atoms with Crippen LogP contribution in [0.5, 0.6) is 11.5 Å². The molecule has 1 saturated heterocycles. The molecular formula is C15H15NO4S. The van der Waals surface area contributed by atoms with E-state index in [9.17, 15) is 9.59 Å². The number of amides is 2. The summed E-state index contributed by atoms with van der Waals surface area (Å²) in [4.78, 5) is 25.7. The Morgan fingerprint density at radius 1 is 1.24 bits per heavy atom. The third-order valence-corrected chi connectivity index (χ3v) is 4.09. The second kappa shape index (κ2) is 5.81. The third-order valence-electron chi connectivity index (χ3n) is 3.18. The van der Waals surface area contributed by atoms with Gasteiger partial charge in [0.2, 0.25) is 0 Å². The maximum atomic E-state index is 12.2.